The standard InChI is InChI=1S/C14H10O4.C2H6O/c15-13(11-7-3-1-4-8-11)17-18-14(16)12-9-5-2-6-10-12;1-2-3/h1-10H;3H,2H2,1H3. The van der Waals surface area contributed by atoms with Gasteiger partial charge in [0.2, 0.25) is 0 Å². The van der Waals surface area contributed by atoms with E-state index in [4.69, 9.17) is 5.11 Å². The minimum atomic E-state index is -0.708. The Labute approximate surface area is 122 Å². The van der Waals surface area contributed by atoms with Gasteiger partial charge in [-0.3, -0.25) is 0 Å². The molecule has 0 fully saturated rings. The molecule has 5 nitrogen and oxygen atoms in total. The molecule has 110 valence electrons. The molecule has 0 aromatic heterocycles. The van der Waals surface area contributed by atoms with Crippen molar-refractivity contribution in [2.24, 2.45) is 0 Å². The molecule has 1 N–H and O–H groups in total. The third-order valence-corrected chi connectivity index (χ3v) is 2.21. The highest BCUT2D eigenvalue weighted by molar-refractivity contribution is 5.92. The fraction of sp³-hybridized carbons (Fsp3) is 0.125. The zero-order valence-corrected chi connectivity index (χ0v) is 11.6. The first-order valence-electron chi connectivity index (χ1n) is 6.33. The summed E-state index contributed by atoms with van der Waals surface area (Å²) in [5, 5.41) is 7.57. The van der Waals surface area contributed by atoms with Crippen LogP contribution >= 0.6 is 0 Å². The molecule has 0 saturated heterocycles. The Balaban J connectivity index is 0.000000677. The maximum absolute atomic E-state index is 11.5. The predicted molar refractivity (Wildman–Crippen MR) is 76.5 cm³/mol. The third-order valence-electron chi connectivity index (χ3n) is 2.21. The Bertz CT molecular complexity index is 500. The molecule has 2 aromatic carbocycles. The van der Waals surface area contributed by atoms with E-state index in [0.717, 1.165) is 0 Å². The van der Waals surface area contributed by atoms with E-state index < -0.39 is 11.9 Å². The number of aliphatic hydroxyl groups excluding tert-OH is 1. The average molecular weight is 288 g/mol. The largest absolute Gasteiger partial charge is 0.397 e. The molecule has 0 bridgehead atoms. The molecule has 0 aliphatic rings. The molecule has 5 heteroatoms. The first-order valence-corrected chi connectivity index (χ1v) is 6.33. The highest BCUT2D eigenvalue weighted by Gasteiger charge is 2.12. The Morgan fingerprint density at radius 1 is 0.810 bits per heavy atom. The summed E-state index contributed by atoms with van der Waals surface area (Å²) in [6, 6.07) is 16.6. The first kappa shape index (κ1) is 16.4. The van der Waals surface area contributed by atoms with Crippen molar-refractivity contribution in [2.75, 3.05) is 6.61 Å². The van der Waals surface area contributed by atoms with Crippen LogP contribution < -0.4 is 0 Å². The molecule has 0 unspecified atom stereocenters. The quantitative estimate of drug-likeness (QED) is 0.679. The molecule has 2 rings (SSSR count). The Morgan fingerprint density at radius 2 is 1.10 bits per heavy atom. The minimum absolute atomic E-state index is 0.250. The fourth-order valence-electron chi connectivity index (χ4n) is 1.32. The zero-order valence-electron chi connectivity index (χ0n) is 11.6. The van der Waals surface area contributed by atoms with Gasteiger partial charge in [0.15, 0.2) is 0 Å². The van der Waals surface area contributed by atoms with E-state index >= 15 is 0 Å². The molecule has 0 saturated carbocycles. The van der Waals surface area contributed by atoms with Gasteiger partial charge in [-0.15, -0.1) is 0 Å². The smallest absolute Gasteiger partial charge is 0.386 e. The Morgan fingerprint density at radius 3 is 1.38 bits per heavy atom. The van der Waals surface area contributed by atoms with Gasteiger partial charge in [-0.25, -0.2) is 19.4 Å². The molecular weight excluding hydrogens is 272 g/mol. The normalized spacial score (nSPS) is 9.05. The van der Waals surface area contributed by atoms with Crippen molar-refractivity contribution in [3.05, 3.63) is 71.8 Å². The molecule has 0 aliphatic heterocycles. The highest BCUT2D eigenvalue weighted by Crippen LogP contribution is 2.05. The molecule has 0 amide bonds. The molecule has 0 radical (unpaired) electrons. The summed E-state index contributed by atoms with van der Waals surface area (Å²) in [5.41, 5.74) is 0.636. The summed E-state index contributed by atoms with van der Waals surface area (Å²) in [6.07, 6.45) is 0. The van der Waals surface area contributed by atoms with Crippen LogP contribution in [0.2, 0.25) is 0 Å². The van der Waals surface area contributed by atoms with Crippen molar-refractivity contribution < 1.29 is 24.5 Å². The molecule has 0 spiro atoms. The van der Waals surface area contributed by atoms with E-state index in [2.05, 4.69) is 9.78 Å². The maximum Gasteiger partial charge on any atom is 0.386 e. The summed E-state index contributed by atoms with van der Waals surface area (Å²) in [6.45, 7) is 1.93. The van der Waals surface area contributed by atoms with Gasteiger partial charge < -0.3 is 5.11 Å². The number of hydrogen-bond donors (Lipinski definition) is 1. The lowest BCUT2D eigenvalue weighted by Gasteiger charge is -2.02. The van der Waals surface area contributed by atoms with Crippen molar-refractivity contribution in [1.82, 2.24) is 0 Å². The van der Waals surface area contributed by atoms with Crippen LogP contribution in [-0.2, 0) is 9.78 Å². The van der Waals surface area contributed by atoms with Gasteiger partial charge >= 0.3 is 11.9 Å². The van der Waals surface area contributed by atoms with Crippen LogP contribution in [0.4, 0.5) is 0 Å². The second-order valence-corrected chi connectivity index (χ2v) is 3.79. The van der Waals surface area contributed by atoms with Crippen molar-refractivity contribution in [1.29, 1.82) is 0 Å². The van der Waals surface area contributed by atoms with Crippen LogP contribution in [0.25, 0.3) is 0 Å². The van der Waals surface area contributed by atoms with Gasteiger partial charge in [-0.05, 0) is 31.2 Å². The fourth-order valence-corrected chi connectivity index (χ4v) is 1.32. The molecule has 21 heavy (non-hydrogen) atoms. The van der Waals surface area contributed by atoms with Gasteiger partial charge in [0, 0.05) is 6.61 Å². The molecule has 0 heterocycles. The molecule has 0 aliphatic carbocycles. The lowest BCUT2D eigenvalue weighted by Crippen LogP contribution is -2.11. The van der Waals surface area contributed by atoms with E-state index in [0.29, 0.717) is 11.1 Å². The van der Waals surface area contributed by atoms with Crippen LogP contribution in [0.15, 0.2) is 60.7 Å². The minimum Gasteiger partial charge on any atom is -0.397 e. The van der Waals surface area contributed by atoms with Crippen LogP contribution in [0.1, 0.15) is 27.6 Å². The lowest BCUT2D eigenvalue weighted by atomic mass is 10.2. The van der Waals surface area contributed by atoms with Gasteiger partial charge in [0.25, 0.3) is 0 Å². The Kier molecular flexibility index (Phi) is 7.24. The van der Waals surface area contributed by atoms with Crippen LogP contribution in [0.5, 0.6) is 0 Å². The van der Waals surface area contributed by atoms with E-state index in [-0.39, 0.29) is 6.61 Å². The number of carbonyl (C=O) groups excluding carboxylic acids is 2. The van der Waals surface area contributed by atoms with Gasteiger partial charge in [0.1, 0.15) is 0 Å². The monoisotopic (exact) mass is 288 g/mol. The third kappa shape index (κ3) is 5.88. The van der Waals surface area contributed by atoms with E-state index in [1.807, 2.05) is 0 Å². The highest BCUT2D eigenvalue weighted by atomic mass is 17.2. The number of benzene rings is 2. The number of aliphatic hydroxyl groups is 1. The van der Waals surface area contributed by atoms with Crippen molar-refractivity contribution >= 4 is 11.9 Å². The number of hydrogen-bond acceptors (Lipinski definition) is 5. The summed E-state index contributed by atoms with van der Waals surface area (Å²) in [5.74, 6) is -1.42. The lowest BCUT2D eigenvalue weighted by molar-refractivity contribution is -0.187. The Hall–Kier alpha value is -2.66. The maximum atomic E-state index is 11.5. The van der Waals surface area contributed by atoms with E-state index in [1.54, 1.807) is 67.6 Å². The summed E-state index contributed by atoms with van der Waals surface area (Å²) in [4.78, 5) is 31.9. The van der Waals surface area contributed by atoms with Gasteiger partial charge in [0.05, 0.1) is 11.1 Å². The van der Waals surface area contributed by atoms with E-state index in [9.17, 15) is 9.59 Å². The van der Waals surface area contributed by atoms with Crippen LogP contribution in [-0.4, -0.2) is 23.7 Å². The number of rotatable bonds is 2. The van der Waals surface area contributed by atoms with Gasteiger partial charge in [-0.1, -0.05) is 36.4 Å². The van der Waals surface area contributed by atoms with Crippen LogP contribution in [0, 0.1) is 0 Å². The molecule has 2 aromatic rings. The number of carbonyl (C=O) groups is 2. The van der Waals surface area contributed by atoms with Crippen LogP contribution in [0.3, 0.4) is 0 Å². The second kappa shape index (κ2) is 9.28. The zero-order chi connectivity index (χ0) is 15.5. The SMILES string of the molecule is CCO.O=C(OOC(=O)c1ccccc1)c1ccccc1. The summed E-state index contributed by atoms with van der Waals surface area (Å²) < 4.78 is 0. The molecule has 0 atom stereocenters. The van der Waals surface area contributed by atoms with Gasteiger partial charge in [-0.2, -0.15) is 0 Å². The van der Waals surface area contributed by atoms with Crippen molar-refractivity contribution in [3.63, 3.8) is 0 Å². The molecular formula is C16H16O5. The summed E-state index contributed by atoms with van der Waals surface area (Å²) >= 11 is 0. The van der Waals surface area contributed by atoms with E-state index in [1.165, 1.54) is 0 Å². The van der Waals surface area contributed by atoms with Crippen molar-refractivity contribution in [3.8, 4) is 0 Å². The topological polar surface area (TPSA) is 72.8 Å². The second-order valence-electron chi connectivity index (χ2n) is 3.79. The average Bonchev–Trinajstić information content (AvgIpc) is 2.54. The predicted octanol–water partition coefficient (Wildman–Crippen LogP) is 2.61. The first-order chi connectivity index (χ1) is 10.2. The summed E-state index contributed by atoms with van der Waals surface area (Å²) in [7, 11) is 0. The van der Waals surface area contributed by atoms with Crippen molar-refractivity contribution in [2.45, 2.75) is 6.92 Å².